The SMILES string of the molecule is CCCCON=C(C(=O)N[C@H]1CN2CC(C#N)=C(C(=O)O)N2C1=O)c1csc(N)n1. The van der Waals surface area contributed by atoms with E-state index in [-0.39, 0.29) is 35.2 Å². The maximum atomic E-state index is 12.8. The molecule has 0 aliphatic carbocycles. The Balaban J connectivity index is 1.77. The Kier molecular flexibility index (Phi) is 6.28. The maximum Gasteiger partial charge on any atom is 0.355 e. The molecule has 4 N–H and O–H groups in total. The third-order valence-corrected chi connectivity index (χ3v) is 5.06. The summed E-state index contributed by atoms with van der Waals surface area (Å²) in [5.74, 6) is -2.76. The Morgan fingerprint density at radius 3 is 2.93 bits per heavy atom. The van der Waals surface area contributed by atoms with Gasteiger partial charge < -0.3 is 21.0 Å². The van der Waals surface area contributed by atoms with Crippen molar-refractivity contribution in [1.29, 1.82) is 5.26 Å². The number of nitrogens with two attached hydrogens (primary N) is 1. The molecule has 30 heavy (non-hydrogen) atoms. The number of thiazole rings is 1. The molecule has 3 heterocycles. The fraction of sp³-hybridized carbons (Fsp3) is 0.412. The van der Waals surface area contributed by atoms with E-state index in [4.69, 9.17) is 15.8 Å². The molecule has 0 bridgehead atoms. The number of unbranched alkanes of at least 4 members (excludes halogenated alkanes) is 1. The molecular weight excluding hydrogens is 414 g/mol. The number of carbonyl (C=O) groups is 3. The van der Waals surface area contributed by atoms with Gasteiger partial charge in [-0.2, -0.15) is 5.26 Å². The second kappa shape index (κ2) is 8.89. The number of oxime groups is 1. The highest BCUT2D eigenvalue weighted by molar-refractivity contribution is 7.13. The van der Waals surface area contributed by atoms with Gasteiger partial charge >= 0.3 is 5.97 Å². The number of aromatic nitrogens is 1. The number of aliphatic carboxylic acids is 1. The molecule has 3 rings (SSSR count). The molecule has 0 radical (unpaired) electrons. The number of nitrogens with one attached hydrogen (secondary N) is 1. The smallest absolute Gasteiger partial charge is 0.355 e. The zero-order chi connectivity index (χ0) is 21.8. The van der Waals surface area contributed by atoms with Gasteiger partial charge in [-0.15, -0.1) is 11.3 Å². The van der Waals surface area contributed by atoms with Crippen molar-refractivity contribution in [2.24, 2.45) is 5.16 Å². The van der Waals surface area contributed by atoms with Crippen LogP contribution in [0.5, 0.6) is 0 Å². The van der Waals surface area contributed by atoms with Crippen LogP contribution in [0.3, 0.4) is 0 Å². The number of nitrogens with zero attached hydrogens (tertiary/aromatic N) is 5. The minimum Gasteiger partial charge on any atom is -0.476 e. The molecule has 1 aromatic heterocycles. The average Bonchev–Trinajstić information content (AvgIpc) is 3.37. The number of nitrogen functional groups attached to an aromatic ring is 1. The molecule has 0 spiro atoms. The molecule has 0 saturated carbocycles. The molecule has 1 atom stereocenters. The van der Waals surface area contributed by atoms with Gasteiger partial charge in [-0.05, 0) is 6.42 Å². The Labute approximate surface area is 175 Å². The second-order valence-corrected chi connectivity index (χ2v) is 7.35. The van der Waals surface area contributed by atoms with Crippen LogP contribution in [-0.4, -0.2) is 69.3 Å². The number of carboxylic acids is 1. The number of amides is 2. The van der Waals surface area contributed by atoms with Crippen LogP contribution >= 0.6 is 11.3 Å². The van der Waals surface area contributed by atoms with Gasteiger partial charge in [0.2, 0.25) is 0 Å². The van der Waals surface area contributed by atoms with Crippen molar-refractivity contribution in [2.45, 2.75) is 25.8 Å². The number of fused-ring (bicyclic) bond motifs is 1. The van der Waals surface area contributed by atoms with Crippen molar-refractivity contribution in [3.05, 3.63) is 22.3 Å². The van der Waals surface area contributed by atoms with Crippen LogP contribution in [0, 0.1) is 11.3 Å². The predicted octanol–water partition coefficient (Wildman–Crippen LogP) is -0.334. The summed E-state index contributed by atoms with van der Waals surface area (Å²) in [6.07, 6.45) is 1.63. The number of carbonyl (C=O) groups excluding carboxylic acids is 2. The molecule has 2 amide bonds. The predicted molar refractivity (Wildman–Crippen MR) is 105 cm³/mol. The zero-order valence-corrected chi connectivity index (χ0v) is 16.8. The van der Waals surface area contributed by atoms with E-state index in [0.29, 0.717) is 6.61 Å². The lowest BCUT2D eigenvalue weighted by atomic mass is 10.2. The van der Waals surface area contributed by atoms with Gasteiger partial charge in [0.25, 0.3) is 11.8 Å². The van der Waals surface area contributed by atoms with Crippen molar-refractivity contribution < 1.29 is 24.3 Å². The van der Waals surface area contributed by atoms with E-state index in [2.05, 4.69) is 15.5 Å². The summed E-state index contributed by atoms with van der Waals surface area (Å²) < 4.78 is 0. The summed E-state index contributed by atoms with van der Waals surface area (Å²) in [4.78, 5) is 46.2. The molecule has 1 saturated heterocycles. The molecular formula is C17H19N7O5S. The summed E-state index contributed by atoms with van der Waals surface area (Å²) in [5.41, 5.74) is 5.28. The van der Waals surface area contributed by atoms with Gasteiger partial charge in [0, 0.05) is 11.9 Å². The average molecular weight is 433 g/mol. The van der Waals surface area contributed by atoms with Gasteiger partial charge in [0.1, 0.15) is 18.3 Å². The highest BCUT2D eigenvalue weighted by Gasteiger charge is 2.48. The summed E-state index contributed by atoms with van der Waals surface area (Å²) >= 11 is 1.12. The van der Waals surface area contributed by atoms with E-state index in [1.54, 1.807) is 11.4 Å². The number of nitriles is 1. The lowest BCUT2D eigenvalue weighted by Crippen LogP contribution is -2.46. The molecule has 2 aliphatic rings. The van der Waals surface area contributed by atoms with Crippen LogP contribution in [0.25, 0.3) is 0 Å². The van der Waals surface area contributed by atoms with Crippen molar-refractivity contribution in [2.75, 3.05) is 25.4 Å². The summed E-state index contributed by atoms with van der Waals surface area (Å²) in [7, 11) is 0. The quantitative estimate of drug-likeness (QED) is 0.281. The molecule has 13 heteroatoms. The first kappa shape index (κ1) is 21.2. The Hall–Kier alpha value is -3.50. The van der Waals surface area contributed by atoms with Crippen LogP contribution in [-0.2, 0) is 19.2 Å². The summed E-state index contributed by atoms with van der Waals surface area (Å²) in [5, 5.41) is 29.0. The fourth-order valence-corrected chi connectivity index (χ4v) is 3.54. The number of rotatable bonds is 8. The first-order chi connectivity index (χ1) is 14.4. The highest BCUT2D eigenvalue weighted by Crippen LogP contribution is 2.29. The molecule has 0 unspecified atom stereocenters. The van der Waals surface area contributed by atoms with Crippen LogP contribution < -0.4 is 11.1 Å². The third kappa shape index (κ3) is 4.09. The molecule has 158 valence electrons. The Bertz CT molecular complexity index is 979. The van der Waals surface area contributed by atoms with Gasteiger partial charge in [0.05, 0.1) is 18.2 Å². The van der Waals surface area contributed by atoms with Crippen molar-refractivity contribution in [3.8, 4) is 6.07 Å². The van der Waals surface area contributed by atoms with Crippen LogP contribution in [0.4, 0.5) is 5.13 Å². The first-order valence-corrected chi connectivity index (χ1v) is 9.92. The standard InChI is InChI=1S/C17H19N7O5S/c1-2-3-4-29-22-12(11-8-30-17(19)21-11)14(25)20-10-7-23-6-9(5-18)13(16(27)28)24(23)15(10)26/h8,10H,2-4,6-7H2,1H3,(H2,19,21)(H,20,25)(H,27,28)/t10-/m0/s1. The van der Waals surface area contributed by atoms with Crippen molar-refractivity contribution in [1.82, 2.24) is 20.3 Å². The molecule has 1 aromatic rings. The first-order valence-electron chi connectivity index (χ1n) is 9.04. The minimum atomic E-state index is -1.39. The second-order valence-electron chi connectivity index (χ2n) is 6.46. The van der Waals surface area contributed by atoms with E-state index >= 15 is 0 Å². The Morgan fingerprint density at radius 2 is 2.33 bits per heavy atom. The molecule has 0 aromatic carbocycles. The van der Waals surface area contributed by atoms with Gasteiger partial charge in [-0.3, -0.25) is 9.59 Å². The van der Waals surface area contributed by atoms with E-state index in [1.807, 2.05) is 6.92 Å². The number of hydrazine groups is 1. The molecule has 1 fully saturated rings. The lowest BCUT2D eigenvalue weighted by molar-refractivity contribution is -0.143. The Morgan fingerprint density at radius 1 is 1.57 bits per heavy atom. The summed E-state index contributed by atoms with van der Waals surface area (Å²) in [6, 6.07) is 0.773. The van der Waals surface area contributed by atoms with Gasteiger partial charge in [-0.1, -0.05) is 18.5 Å². The zero-order valence-electron chi connectivity index (χ0n) is 16.0. The molecule has 2 aliphatic heterocycles. The minimum absolute atomic E-state index is 0.00963. The van der Waals surface area contributed by atoms with E-state index < -0.39 is 29.5 Å². The highest BCUT2D eigenvalue weighted by atomic mass is 32.1. The van der Waals surface area contributed by atoms with Gasteiger partial charge in [-0.25, -0.2) is 19.8 Å². The number of hydrogen-bond donors (Lipinski definition) is 3. The third-order valence-electron chi connectivity index (χ3n) is 4.39. The van der Waals surface area contributed by atoms with Crippen LogP contribution in [0.1, 0.15) is 25.5 Å². The fourth-order valence-electron chi connectivity index (χ4n) is 2.99. The lowest BCUT2D eigenvalue weighted by Gasteiger charge is -2.18. The normalized spacial score (nSPS) is 19.1. The number of hydrogen-bond acceptors (Lipinski definition) is 10. The van der Waals surface area contributed by atoms with Crippen molar-refractivity contribution in [3.63, 3.8) is 0 Å². The topological polar surface area (TPSA) is 174 Å². The van der Waals surface area contributed by atoms with Crippen LogP contribution in [0.2, 0.25) is 0 Å². The van der Waals surface area contributed by atoms with E-state index in [1.165, 1.54) is 5.01 Å². The monoisotopic (exact) mass is 433 g/mol. The largest absolute Gasteiger partial charge is 0.476 e. The van der Waals surface area contributed by atoms with E-state index in [0.717, 1.165) is 29.2 Å². The van der Waals surface area contributed by atoms with Crippen LogP contribution in [0.15, 0.2) is 21.8 Å². The van der Waals surface area contributed by atoms with Gasteiger partial charge in [0.15, 0.2) is 16.5 Å². The molecule has 12 nitrogen and oxygen atoms in total. The number of anilines is 1. The van der Waals surface area contributed by atoms with E-state index in [9.17, 15) is 19.5 Å². The summed E-state index contributed by atoms with van der Waals surface area (Å²) in [6.45, 7) is 2.27. The number of carboxylic acid groups (broad SMARTS) is 1. The van der Waals surface area contributed by atoms with Crippen molar-refractivity contribution >= 4 is 40.0 Å². The maximum absolute atomic E-state index is 12.8.